The van der Waals surface area contributed by atoms with Crippen molar-refractivity contribution in [1.82, 2.24) is 15.2 Å². The number of halogens is 1. The van der Waals surface area contributed by atoms with Gasteiger partial charge in [0.1, 0.15) is 12.2 Å². The first-order chi connectivity index (χ1) is 17.4. The van der Waals surface area contributed by atoms with Crippen LogP contribution in [0.1, 0.15) is 38.3 Å². The van der Waals surface area contributed by atoms with Crippen LogP contribution in [0.15, 0.2) is 42.6 Å². The van der Waals surface area contributed by atoms with Crippen LogP contribution in [-0.4, -0.2) is 66.2 Å². The van der Waals surface area contributed by atoms with Crippen molar-refractivity contribution in [2.75, 3.05) is 31.1 Å². The molecule has 0 saturated carbocycles. The molecule has 2 fully saturated rings. The van der Waals surface area contributed by atoms with E-state index < -0.39 is 18.0 Å². The molecule has 1 atom stereocenters. The van der Waals surface area contributed by atoms with E-state index in [9.17, 15) is 18.8 Å². The van der Waals surface area contributed by atoms with E-state index in [0.717, 1.165) is 18.5 Å². The molecule has 0 unspecified atom stereocenters. The van der Waals surface area contributed by atoms with Gasteiger partial charge in [0.05, 0.1) is 18.8 Å². The Balaban J connectivity index is 1.22. The van der Waals surface area contributed by atoms with Crippen molar-refractivity contribution >= 4 is 23.6 Å². The number of carbonyl (C=O) groups excluding carboxylic acids is 3. The van der Waals surface area contributed by atoms with Crippen LogP contribution in [0.5, 0.6) is 5.75 Å². The summed E-state index contributed by atoms with van der Waals surface area (Å²) in [6.45, 7) is 2.94. The SMILES string of the molecule is CC(=O)NC[C@H]1CN(c2ccc(OC3CCN(C(=O)CCCc4ccccn4)CC3)c(F)c2)C(=O)O1. The molecule has 0 spiro atoms. The number of nitrogens with one attached hydrogen (secondary N) is 1. The maximum absolute atomic E-state index is 14.8. The highest BCUT2D eigenvalue weighted by Crippen LogP contribution is 2.29. The molecule has 0 radical (unpaired) electrons. The van der Waals surface area contributed by atoms with E-state index in [1.54, 1.807) is 12.3 Å². The number of carbonyl (C=O) groups is 3. The second-order valence-electron chi connectivity index (χ2n) is 9.04. The van der Waals surface area contributed by atoms with Crippen molar-refractivity contribution in [3.8, 4) is 5.75 Å². The molecule has 0 bridgehead atoms. The minimum Gasteiger partial charge on any atom is -0.487 e. The number of likely N-dealkylation sites (tertiary alicyclic amines) is 1. The molecule has 1 aromatic heterocycles. The molecule has 3 heterocycles. The van der Waals surface area contributed by atoms with Gasteiger partial charge in [-0.05, 0) is 37.1 Å². The zero-order valence-corrected chi connectivity index (χ0v) is 20.3. The highest BCUT2D eigenvalue weighted by molar-refractivity contribution is 5.90. The Hall–Kier alpha value is -3.69. The zero-order valence-electron chi connectivity index (χ0n) is 20.3. The Kier molecular flexibility index (Phi) is 8.35. The summed E-state index contributed by atoms with van der Waals surface area (Å²) in [5, 5.41) is 2.61. The Bertz CT molecular complexity index is 1080. The lowest BCUT2D eigenvalue weighted by Crippen LogP contribution is -2.41. The summed E-state index contributed by atoms with van der Waals surface area (Å²) in [5.41, 5.74) is 1.35. The second kappa shape index (κ2) is 11.8. The number of aryl methyl sites for hydroxylation is 1. The average Bonchev–Trinajstić information content (AvgIpc) is 3.25. The molecule has 1 aromatic carbocycles. The van der Waals surface area contributed by atoms with Gasteiger partial charge in [0.25, 0.3) is 0 Å². The molecule has 192 valence electrons. The van der Waals surface area contributed by atoms with Crippen molar-refractivity contribution in [1.29, 1.82) is 0 Å². The first-order valence-corrected chi connectivity index (χ1v) is 12.3. The summed E-state index contributed by atoms with van der Waals surface area (Å²) >= 11 is 0. The molecule has 2 aromatic rings. The molecule has 2 saturated heterocycles. The molecule has 0 aliphatic carbocycles. The molecule has 36 heavy (non-hydrogen) atoms. The fourth-order valence-corrected chi connectivity index (χ4v) is 4.38. The number of hydrogen-bond donors (Lipinski definition) is 1. The van der Waals surface area contributed by atoms with E-state index in [1.807, 2.05) is 23.1 Å². The Morgan fingerprint density at radius 1 is 1.22 bits per heavy atom. The number of pyridine rings is 1. The lowest BCUT2D eigenvalue weighted by atomic mass is 10.1. The molecule has 2 aliphatic heterocycles. The third kappa shape index (κ3) is 6.71. The predicted octanol–water partition coefficient (Wildman–Crippen LogP) is 3.07. The minimum absolute atomic E-state index is 0.112. The Morgan fingerprint density at radius 3 is 2.72 bits per heavy atom. The van der Waals surface area contributed by atoms with E-state index in [0.29, 0.717) is 38.0 Å². The van der Waals surface area contributed by atoms with E-state index in [2.05, 4.69) is 10.3 Å². The molecule has 1 N–H and O–H groups in total. The summed E-state index contributed by atoms with van der Waals surface area (Å²) in [7, 11) is 0. The van der Waals surface area contributed by atoms with Crippen LogP contribution in [0.4, 0.5) is 14.9 Å². The van der Waals surface area contributed by atoms with Crippen molar-refractivity contribution < 1.29 is 28.2 Å². The van der Waals surface area contributed by atoms with Crippen LogP contribution in [-0.2, 0) is 20.7 Å². The van der Waals surface area contributed by atoms with Gasteiger partial charge in [-0.2, -0.15) is 0 Å². The highest BCUT2D eigenvalue weighted by atomic mass is 19.1. The Morgan fingerprint density at radius 2 is 2.03 bits per heavy atom. The maximum Gasteiger partial charge on any atom is 0.414 e. The number of hydrogen-bond acceptors (Lipinski definition) is 6. The summed E-state index contributed by atoms with van der Waals surface area (Å²) < 4.78 is 25.9. The zero-order chi connectivity index (χ0) is 25.5. The van der Waals surface area contributed by atoms with Gasteiger partial charge in [0, 0.05) is 57.2 Å². The lowest BCUT2D eigenvalue weighted by Gasteiger charge is -2.32. The summed E-state index contributed by atoms with van der Waals surface area (Å²) in [4.78, 5) is 43.2. The number of cyclic esters (lactones) is 1. The lowest BCUT2D eigenvalue weighted by molar-refractivity contribution is -0.133. The monoisotopic (exact) mass is 498 g/mol. The molecule has 10 heteroatoms. The van der Waals surface area contributed by atoms with Crippen LogP contribution >= 0.6 is 0 Å². The van der Waals surface area contributed by atoms with E-state index in [1.165, 1.54) is 24.0 Å². The van der Waals surface area contributed by atoms with Crippen molar-refractivity contribution in [3.05, 3.63) is 54.1 Å². The average molecular weight is 499 g/mol. The van der Waals surface area contributed by atoms with Gasteiger partial charge in [-0.1, -0.05) is 6.07 Å². The normalized spacial score (nSPS) is 18.2. The number of anilines is 1. The standard InChI is InChI=1S/C26H31FN4O5/c1-18(32)29-16-22-17-31(26(34)36-22)20-8-9-24(23(27)15-20)35-21-10-13-30(14-11-21)25(33)7-4-6-19-5-2-3-12-28-19/h2-3,5,8-9,12,15,21-22H,4,6-7,10-11,13-14,16-17H2,1H3,(H,29,32)/t22-/m0/s1. The first kappa shape index (κ1) is 25.4. The third-order valence-corrected chi connectivity index (χ3v) is 6.32. The quantitative estimate of drug-likeness (QED) is 0.570. The summed E-state index contributed by atoms with van der Waals surface area (Å²) in [5.74, 6) is -0.554. The van der Waals surface area contributed by atoms with Gasteiger partial charge in [-0.15, -0.1) is 0 Å². The van der Waals surface area contributed by atoms with E-state index in [4.69, 9.17) is 9.47 Å². The number of ether oxygens (including phenoxy) is 2. The van der Waals surface area contributed by atoms with E-state index >= 15 is 0 Å². The van der Waals surface area contributed by atoms with Crippen molar-refractivity contribution in [2.45, 2.75) is 51.2 Å². The topological polar surface area (TPSA) is 101 Å². The second-order valence-corrected chi connectivity index (χ2v) is 9.04. The number of rotatable bonds is 9. The fourth-order valence-electron chi connectivity index (χ4n) is 4.38. The summed E-state index contributed by atoms with van der Waals surface area (Å²) in [6, 6.07) is 10.1. The number of amides is 3. The van der Waals surface area contributed by atoms with Gasteiger partial charge in [-0.25, -0.2) is 9.18 Å². The van der Waals surface area contributed by atoms with Crippen molar-refractivity contribution in [2.24, 2.45) is 0 Å². The third-order valence-electron chi connectivity index (χ3n) is 6.32. The molecule has 4 rings (SSSR count). The van der Waals surface area contributed by atoms with Gasteiger partial charge >= 0.3 is 6.09 Å². The highest BCUT2D eigenvalue weighted by Gasteiger charge is 2.33. The molecule has 3 amide bonds. The van der Waals surface area contributed by atoms with Crippen LogP contribution in [0.2, 0.25) is 0 Å². The van der Waals surface area contributed by atoms with Crippen LogP contribution in [0, 0.1) is 5.82 Å². The molecular weight excluding hydrogens is 467 g/mol. The predicted molar refractivity (Wildman–Crippen MR) is 130 cm³/mol. The molecule has 9 nitrogen and oxygen atoms in total. The molecular formula is C26H31FN4O5. The van der Waals surface area contributed by atoms with Crippen LogP contribution in [0.25, 0.3) is 0 Å². The van der Waals surface area contributed by atoms with Gasteiger partial charge in [0.2, 0.25) is 11.8 Å². The number of aromatic nitrogens is 1. The van der Waals surface area contributed by atoms with Crippen molar-refractivity contribution in [3.63, 3.8) is 0 Å². The van der Waals surface area contributed by atoms with Gasteiger partial charge < -0.3 is 19.7 Å². The largest absolute Gasteiger partial charge is 0.487 e. The minimum atomic E-state index is -0.588. The van der Waals surface area contributed by atoms with Crippen LogP contribution in [0.3, 0.4) is 0 Å². The summed E-state index contributed by atoms with van der Waals surface area (Å²) in [6.07, 6.45) is 3.72. The number of benzene rings is 1. The van der Waals surface area contributed by atoms with E-state index in [-0.39, 0.29) is 36.8 Å². The molecule has 2 aliphatic rings. The number of piperidine rings is 1. The first-order valence-electron chi connectivity index (χ1n) is 12.3. The van der Waals surface area contributed by atoms with Gasteiger partial charge in [-0.3, -0.25) is 19.5 Å². The fraction of sp³-hybridized carbons (Fsp3) is 0.462. The Labute approximate surface area is 209 Å². The van der Waals surface area contributed by atoms with Crippen LogP contribution < -0.4 is 15.0 Å². The number of nitrogens with zero attached hydrogens (tertiary/aromatic N) is 3. The maximum atomic E-state index is 14.8. The van der Waals surface area contributed by atoms with Gasteiger partial charge in [0.15, 0.2) is 11.6 Å². The smallest absolute Gasteiger partial charge is 0.414 e.